The highest BCUT2D eigenvalue weighted by molar-refractivity contribution is 9.10. The molecule has 0 aliphatic rings. The summed E-state index contributed by atoms with van der Waals surface area (Å²) in [5.74, 6) is 0. The first-order chi connectivity index (χ1) is 8.49. The van der Waals surface area contributed by atoms with Crippen LogP contribution in [0, 0.1) is 13.8 Å². The van der Waals surface area contributed by atoms with Gasteiger partial charge in [0.2, 0.25) is 0 Å². The smallest absolute Gasteiger partial charge is 0.0838 e. The maximum atomic E-state index is 6.56. The number of rotatable bonds is 2. The molecule has 0 N–H and O–H groups in total. The molecule has 94 valence electrons. The molecule has 2 rings (SSSR count). The average molecular weight is 344 g/mol. The van der Waals surface area contributed by atoms with E-state index in [4.69, 9.17) is 23.2 Å². The van der Waals surface area contributed by atoms with Crippen LogP contribution in [0.15, 0.2) is 40.9 Å². The molecule has 0 saturated heterocycles. The van der Waals surface area contributed by atoms with Gasteiger partial charge in [0, 0.05) is 4.47 Å². The molecule has 0 heterocycles. The summed E-state index contributed by atoms with van der Waals surface area (Å²) in [7, 11) is 0. The Bertz CT molecular complexity index is 579. The molecule has 2 aromatic carbocycles. The number of aryl methyl sites for hydroxylation is 2. The quantitative estimate of drug-likeness (QED) is 0.582. The van der Waals surface area contributed by atoms with Gasteiger partial charge in [-0.2, -0.15) is 0 Å². The Morgan fingerprint density at radius 1 is 1.06 bits per heavy atom. The molecular weight excluding hydrogens is 331 g/mol. The molecule has 0 amide bonds. The maximum Gasteiger partial charge on any atom is 0.0838 e. The number of hydrogen-bond donors (Lipinski definition) is 0. The van der Waals surface area contributed by atoms with E-state index in [9.17, 15) is 0 Å². The molecular formula is C15H13BrCl2. The first-order valence-electron chi connectivity index (χ1n) is 5.65. The monoisotopic (exact) mass is 342 g/mol. The van der Waals surface area contributed by atoms with E-state index in [1.54, 1.807) is 0 Å². The van der Waals surface area contributed by atoms with Crippen LogP contribution in [0.1, 0.15) is 27.6 Å². The second-order valence-corrected chi connectivity index (χ2v) is 6.09. The molecule has 3 heteroatoms. The fraction of sp³-hybridized carbons (Fsp3) is 0.200. The zero-order valence-electron chi connectivity index (χ0n) is 10.2. The Balaban J connectivity index is 2.44. The molecule has 0 spiro atoms. The highest BCUT2D eigenvalue weighted by atomic mass is 79.9. The van der Waals surface area contributed by atoms with E-state index in [1.807, 2.05) is 18.2 Å². The van der Waals surface area contributed by atoms with Gasteiger partial charge in [-0.15, -0.1) is 11.6 Å². The highest BCUT2D eigenvalue weighted by Crippen LogP contribution is 2.34. The first-order valence-corrected chi connectivity index (χ1v) is 7.26. The summed E-state index contributed by atoms with van der Waals surface area (Å²) in [6, 6.07) is 12.2. The van der Waals surface area contributed by atoms with E-state index in [0.717, 1.165) is 15.6 Å². The largest absolute Gasteiger partial charge is 0.113 e. The molecule has 0 radical (unpaired) electrons. The molecule has 0 aliphatic heterocycles. The second kappa shape index (κ2) is 5.64. The first kappa shape index (κ1) is 13.9. The summed E-state index contributed by atoms with van der Waals surface area (Å²) in [5.41, 5.74) is 4.55. The van der Waals surface area contributed by atoms with Gasteiger partial charge in [0.05, 0.1) is 10.4 Å². The summed E-state index contributed by atoms with van der Waals surface area (Å²) in [4.78, 5) is 0. The van der Waals surface area contributed by atoms with Crippen LogP contribution in [0.25, 0.3) is 0 Å². The van der Waals surface area contributed by atoms with Gasteiger partial charge in [-0.1, -0.05) is 41.4 Å². The molecule has 0 aromatic heterocycles. The standard InChI is InChI=1S/C15H13BrCl2/c1-9-3-4-10(2)12(7-9)15(18)11-5-6-13(16)14(17)8-11/h3-8,15H,1-2H3. The van der Waals surface area contributed by atoms with Gasteiger partial charge in [-0.05, 0) is 58.6 Å². The molecule has 0 nitrogen and oxygen atoms in total. The highest BCUT2D eigenvalue weighted by Gasteiger charge is 2.14. The van der Waals surface area contributed by atoms with Gasteiger partial charge in [0.25, 0.3) is 0 Å². The molecule has 0 bridgehead atoms. The van der Waals surface area contributed by atoms with Crippen molar-refractivity contribution in [1.82, 2.24) is 0 Å². The van der Waals surface area contributed by atoms with Crippen LogP contribution in [-0.4, -0.2) is 0 Å². The minimum absolute atomic E-state index is 0.171. The Labute approximate surface area is 126 Å². The normalized spacial score (nSPS) is 12.5. The summed E-state index contributed by atoms with van der Waals surface area (Å²) in [5, 5.41) is 0.513. The lowest BCUT2D eigenvalue weighted by Crippen LogP contribution is -1.97. The van der Waals surface area contributed by atoms with E-state index in [-0.39, 0.29) is 5.38 Å². The van der Waals surface area contributed by atoms with Crippen LogP contribution in [0.4, 0.5) is 0 Å². The van der Waals surface area contributed by atoms with Crippen molar-refractivity contribution in [2.24, 2.45) is 0 Å². The number of halogens is 3. The average Bonchev–Trinajstić information content (AvgIpc) is 2.35. The Hall–Kier alpha value is -0.500. The van der Waals surface area contributed by atoms with Crippen LogP contribution in [-0.2, 0) is 0 Å². The Morgan fingerprint density at radius 2 is 1.78 bits per heavy atom. The van der Waals surface area contributed by atoms with Crippen LogP contribution < -0.4 is 0 Å². The zero-order valence-corrected chi connectivity index (χ0v) is 13.3. The van der Waals surface area contributed by atoms with Crippen molar-refractivity contribution in [1.29, 1.82) is 0 Å². The molecule has 0 aliphatic carbocycles. The van der Waals surface area contributed by atoms with Crippen molar-refractivity contribution in [2.75, 3.05) is 0 Å². The van der Waals surface area contributed by atoms with Gasteiger partial charge < -0.3 is 0 Å². The van der Waals surface area contributed by atoms with Crippen LogP contribution in [0.3, 0.4) is 0 Å². The molecule has 1 unspecified atom stereocenters. The van der Waals surface area contributed by atoms with Crippen molar-refractivity contribution >= 4 is 39.1 Å². The maximum absolute atomic E-state index is 6.56. The van der Waals surface area contributed by atoms with E-state index >= 15 is 0 Å². The predicted molar refractivity (Wildman–Crippen MR) is 82.8 cm³/mol. The SMILES string of the molecule is Cc1ccc(C)c(C(Cl)c2ccc(Br)c(Cl)c2)c1. The topological polar surface area (TPSA) is 0 Å². The van der Waals surface area contributed by atoms with Gasteiger partial charge in [0.1, 0.15) is 0 Å². The van der Waals surface area contributed by atoms with Crippen molar-refractivity contribution in [3.05, 3.63) is 68.1 Å². The fourth-order valence-electron chi connectivity index (χ4n) is 1.88. The van der Waals surface area contributed by atoms with E-state index < -0.39 is 0 Å². The van der Waals surface area contributed by atoms with Crippen molar-refractivity contribution in [3.8, 4) is 0 Å². The summed E-state index contributed by atoms with van der Waals surface area (Å²) < 4.78 is 0.887. The number of benzene rings is 2. The molecule has 18 heavy (non-hydrogen) atoms. The van der Waals surface area contributed by atoms with E-state index in [0.29, 0.717) is 5.02 Å². The number of hydrogen-bond acceptors (Lipinski definition) is 0. The summed E-state index contributed by atoms with van der Waals surface area (Å²) in [6.07, 6.45) is 0. The molecule has 0 saturated carbocycles. The lowest BCUT2D eigenvalue weighted by atomic mass is 9.98. The summed E-state index contributed by atoms with van der Waals surface area (Å²) >= 11 is 16.1. The summed E-state index contributed by atoms with van der Waals surface area (Å²) in [6.45, 7) is 4.14. The Morgan fingerprint density at radius 3 is 2.44 bits per heavy atom. The molecule has 2 aromatic rings. The van der Waals surface area contributed by atoms with E-state index in [2.05, 4.69) is 48.0 Å². The van der Waals surface area contributed by atoms with Gasteiger partial charge in [-0.3, -0.25) is 0 Å². The van der Waals surface area contributed by atoms with Crippen molar-refractivity contribution < 1.29 is 0 Å². The minimum Gasteiger partial charge on any atom is -0.113 e. The Kier molecular flexibility index (Phi) is 4.37. The molecule has 0 fully saturated rings. The predicted octanol–water partition coefficient (Wildman–Crippen LogP) is 6.05. The lowest BCUT2D eigenvalue weighted by Gasteiger charge is -2.14. The van der Waals surface area contributed by atoms with Crippen molar-refractivity contribution in [3.63, 3.8) is 0 Å². The van der Waals surface area contributed by atoms with Crippen LogP contribution in [0.2, 0.25) is 5.02 Å². The third-order valence-electron chi connectivity index (χ3n) is 2.94. The minimum atomic E-state index is -0.171. The van der Waals surface area contributed by atoms with Crippen molar-refractivity contribution in [2.45, 2.75) is 19.2 Å². The van der Waals surface area contributed by atoms with E-state index in [1.165, 1.54) is 11.1 Å². The third-order valence-corrected chi connectivity index (χ3v) is 4.66. The van der Waals surface area contributed by atoms with Gasteiger partial charge in [-0.25, -0.2) is 0 Å². The second-order valence-electron chi connectivity index (χ2n) is 4.40. The van der Waals surface area contributed by atoms with Crippen LogP contribution >= 0.6 is 39.1 Å². The number of alkyl halides is 1. The van der Waals surface area contributed by atoms with Crippen LogP contribution in [0.5, 0.6) is 0 Å². The molecule has 1 atom stereocenters. The fourth-order valence-corrected chi connectivity index (χ4v) is 2.69. The zero-order chi connectivity index (χ0) is 13.3. The lowest BCUT2D eigenvalue weighted by molar-refractivity contribution is 1.10. The third kappa shape index (κ3) is 2.90. The van der Waals surface area contributed by atoms with Gasteiger partial charge >= 0.3 is 0 Å². The van der Waals surface area contributed by atoms with Gasteiger partial charge in [0.15, 0.2) is 0 Å².